The van der Waals surface area contributed by atoms with Crippen LogP contribution in [0.3, 0.4) is 0 Å². The highest BCUT2D eigenvalue weighted by molar-refractivity contribution is 6.30. The van der Waals surface area contributed by atoms with E-state index in [1.807, 2.05) is 24.3 Å². The third kappa shape index (κ3) is 2.63. The third-order valence-corrected chi connectivity index (χ3v) is 2.50. The van der Waals surface area contributed by atoms with Gasteiger partial charge in [-0.15, -0.1) is 0 Å². The predicted molar refractivity (Wildman–Crippen MR) is 55.9 cm³/mol. The van der Waals surface area contributed by atoms with E-state index >= 15 is 0 Å². The second-order valence-electron chi connectivity index (χ2n) is 3.39. The van der Waals surface area contributed by atoms with Crippen molar-refractivity contribution < 1.29 is 9.47 Å². The topological polar surface area (TPSA) is 18.5 Å². The van der Waals surface area contributed by atoms with Crippen LogP contribution in [0, 0.1) is 0 Å². The van der Waals surface area contributed by atoms with Crippen molar-refractivity contribution in [3.63, 3.8) is 0 Å². The van der Waals surface area contributed by atoms with E-state index in [4.69, 9.17) is 21.1 Å². The fourth-order valence-electron chi connectivity index (χ4n) is 1.53. The van der Waals surface area contributed by atoms with Crippen LogP contribution in [0.25, 0.3) is 0 Å². The standard InChI is InChI=1S/C11H13ClO2/c12-9-2-1-3-11(8-9)14-10-4-6-13-7-5-10/h1-3,8,10H,4-7H2. The molecule has 1 fully saturated rings. The average molecular weight is 213 g/mol. The summed E-state index contributed by atoms with van der Waals surface area (Å²) >= 11 is 5.86. The average Bonchev–Trinajstić information content (AvgIpc) is 2.19. The Bertz CT molecular complexity index is 295. The van der Waals surface area contributed by atoms with Gasteiger partial charge < -0.3 is 9.47 Å². The molecule has 76 valence electrons. The summed E-state index contributed by atoms with van der Waals surface area (Å²) in [7, 11) is 0. The lowest BCUT2D eigenvalue weighted by Crippen LogP contribution is -2.25. The Labute approximate surface area is 88.8 Å². The lowest BCUT2D eigenvalue weighted by molar-refractivity contribution is 0.0256. The fraction of sp³-hybridized carbons (Fsp3) is 0.455. The van der Waals surface area contributed by atoms with Gasteiger partial charge in [-0.25, -0.2) is 0 Å². The van der Waals surface area contributed by atoms with E-state index in [0.29, 0.717) is 0 Å². The van der Waals surface area contributed by atoms with Crippen molar-refractivity contribution >= 4 is 11.6 Å². The van der Waals surface area contributed by atoms with Crippen LogP contribution in [0.5, 0.6) is 5.75 Å². The molecule has 0 radical (unpaired) electrons. The molecule has 1 aromatic carbocycles. The molecular weight excluding hydrogens is 200 g/mol. The molecule has 0 aliphatic carbocycles. The largest absolute Gasteiger partial charge is 0.490 e. The Morgan fingerprint density at radius 2 is 2.07 bits per heavy atom. The quantitative estimate of drug-likeness (QED) is 0.751. The maximum absolute atomic E-state index is 5.86. The van der Waals surface area contributed by atoms with Gasteiger partial charge in [0.15, 0.2) is 0 Å². The minimum Gasteiger partial charge on any atom is -0.490 e. The molecule has 1 aliphatic heterocycles. The molecule has 2 nitrogen and oxygen atoms in total. The lowest BCUT2D eigenvalue weighted by Gasteiger charge is -2.23. The van der Waals surface area contributed by atoms with Crippen molar-refractivity contribution in [2.45, 2.75) is 18.9 Å². The molecule has 0 unspecified atom stereocenters. The zero-order valence-electron chi connectivity index (χ0n) is 7.91. The molecule has 0 saturated carbocycles. The number of ether oxygens (including phenoxy) is 2. The number of rotatable bonds is 2. The van der Waals surface area contributed by atoms with Crippen molar-refractivity contribution in [2.24, 2.45) is 0 Å². The monoisotopic (exact) mass is 212 g/mol. The molecule has 0 atom stereocenters. The highest BCUT2D eigenvalue weighted by Gasteiger charge is 2.14. The zero-order chi connectivity index (χ0) is 9.80. The van der Waals surface area contributed by atoms with E-state index in [9.17, 15) is 0 Å². The van der Waals surface area contributed by atoms with E-state index in [2.05, 4.69) is 0 Å². The minimum absolute atomic E-state index is 0.280. The molecule has 0 bridgehead atoms. The van der Waals surface area contributed by atoms with Gasteiger partial charge in [0.25, 0.3) is 0 Å². The highest BCUT2D eigenvalue weighted by atomic mass is 35.5. The third-order valence-electron chi connectivity index (χ3n) is 2.27. The molecule has 0 amide bonds. The summed E-state index contributed by atoms with van der Waals surface area (Å²) in [5.74, 6) is 0.851. The van der Waals surface area contributed by atoms with Crippen molar-refractivity contribution in [3.8, 4) is 5.75 Å². The molecule has 14 heavy (non-hydrogen) atoms. The molecule has 0 aromatic heterocycles. The first kappa shape index (κ1) is 9.81. The second kappa shape index (κ2) is 4.67. The van der Waals surface area contributed by atoms with Gasteiger partial charge in [0.05, 0.1) is 13.2 Å². The number of hydrogen-bond acceptors (Lipinski definition) is 2. The Kier molecular flexibility index (Phi) is 3.27. The van der Waals surface area contributed by atoms with E-state index < -0.39 is 0 Å². The SMILES string of the molecule is Clc1cccc(OC2CCOCC2)c1. The van der Waals surface area contributed by atoms with Crippen molar-refractivity contribution in [2.75, 3.05) is 13.2 Å². The van der Waals surface area contributed by atoms with Crippen LogP contribution in [0.15, 0.2) is 24.3 Å². The Morgan fingerprint density at radius 3 is 2.79 bits per heavy atom. The van der Waals surface area contributed by atoms with Gasteiger partial charge in [-0.2, -0.15) is 0 Å². The normalized spacial score (nSPS) is 18.1. The van der Waals surface area contributed by atoms with Crippen LogP contribution in [0.1, 0.15) is 12.8 Å². The summed E-state index contributed by atoms with van der Waals surface area (Å²) in [5.41, 5.74) is 0. The summed E-state index contributed by atoms with van der Waals surface area (Å²) in [6.45, 7) is 1.59. The number of hydrogen-bond donors (Lipinski definition) is 0. The first-order valence-electron chi connectivity index (χ1n) is 4.84. The molecule has 0 N–H and O–H groups in total. The molecule has 1 heterocycles. The Balaban J connectivity index is 1.95. The van der Waals surface area contributed by atoms with Gasteiger partial charge in [0, 0.05) is 17.9 Å². The van der Waals surface area contributed by atoms with Gasteiger partial charge in [-0.05, 0) is 18.2 Å². The zero-order valence-corrected chi connectivity index (χ0v) is 8.67. The molecule has 1 aromatic rings. The Hall–Kier alpha value is -0.730. The Morgan fingerprint density at radius 1 is 1.29 bits per heavy atom. The van der Waals surface area contributed by atoms with Crippen molar-refractivity contribution in [1.29, 1.82) is 0 Å². The van der Waals surface area contributed by atoms with Crippen LogP contribution < -0.4 is 4.74 Å². The van der Waals surface area contributed by atoms with Crippen LogP contribution in [-0.4, -0.2) is 19.3 Å². The van der Waals surface area contributed by atoms with Gasteiger partial charge in [-0.1, -0.05) is 17.7 Å². The molecule has 1 aliphatic rings. The summed E-state index contributed by atoms with van der Waals surface area (Å²) in [6.07, 6.45) is 2.21. The second-order valence-corrected chi connectivity index (χ2v) is 3.82. The smallest absolute Gasteiger partial charge is 0.121 e. The van der Waals surface area contributed by atoms with Crippen molar-refractivity contribution in [3.05, 3.63) is 29.3 Å². The van der Waals surface area contributed by atoms with Crippen LogP contribution in [-0.2, 0) is 4.74 Å². The molecular formula is C11H13ClO2. The summed E-state index contributed by atoms with van der Waals surface area (Å²) in [4.78, 5) is 0. The molecule has 0 spiro atoms. The first-order valence-corrected chi connectivity index (χ1v) is 5.22. The molecule has 3 heteroatoms. The van der Waals surface area contributed by atoms with Crippen LogP contribution in [0.2, 0.25) is 5.02 Å². The maximum atomic E-state index is 5.86. The van der Waals surface area contributed by atoms with Gasteiger partial charge >= 0.3 is 0 Å². The molecule has 1 saturated heterocycles. The maximum Gasteiger partial charge on any atom is 0.121 e. The predicted octanol–water partition coefficient (Wildman–Crippen LogP) is 2.90. The van der Waals surface area contributed by atoms with Gasteiger partial charge in [-0.3, -0.25) is 0 Å². The molecule has 2 rings (SSSR count). The van der Waals surface area contributed by atoms with E-state index in [0.717, 1.165) is 36.8 Å². The van der Waals surface area contributed by atoms with Crippen LogP contribution in [0.4, 0.5) is 0 Å². The van der Waals surface area contributed by atoms with E-state index in [1.54, 1.807) is 0 Å². The number of benzene rings is 1. The first-order chi connectivity index (χ1) is 6.84. The minimum atomic E-state index is 0.280. The van der Waals surface area contributed by atoms with Crippen LogP contribution >= 0.6 is 11.6 Å². The summed E-state index contributed by atoms with van der Waals surface area (Å²) in [5, 5.41) is 0.717. The highest BCUT2D eigenvalue weighted by Crippen LogP contribution is 2.21. The van der Waals surface area contributed by atoms with Crippen molar-refractivity contribution in [1.82, 2.24) is 0 Å². The summed E-state index contributed by atoms with van der Waals surface area (Å²) in [6, 6.07) is 7.52. The summed E-state index contributed by atoms with van der Waals surface area (Å²) < 4.78 is 11.0. The van der Waals surface area contributed by atoms with Gasteiger partial charge in [0.2, 0.25) is 0 Å². The number of halogens is 1. The van der Waals surface area contributed by atoms with E-state index in [1.165, 1.54) is 0 Å². The van der Waals surface area contributed by atoms with Gasteiger partial charge in [0.1, 0.15) is 11.9 Å². The lowest BCUT2D eigenvalue weighted by atomic mass is 10.1. The van der Waals surface area contributed by atoms with E-state index in [-0.39, 0.29) is 6.10 Å². The fourth-order valence-corrected chi connectivity index (χ4v) is 1.71.